The molecule has 5 unspecified atom stereocenters. The first-order valence-electron chi connectivity index (χ1n) is 7.33. The lowest BCUT2D eigenvalue weighted by atomic mass is 9.70. The van der Waals surface area contributed by atoms with Gasteiger partial charge in [0.25, 0.3) is 0 Å². The maximum atomic E-state index is 11.2. The van der Waals surface area contributed by atoms with Crippen LogP contribution in [0.15, 0.2) is 18.5 Å². The largest absolute Gasteiger partial charge is 0.385 e. The van der Waals surface area contributed by atoms with Crippen LogP contribution in [0.1, 0.15) is 43.2 Å². The molecule has 0 spiro atoms. The summed E-state index contributed by atoms with van der Waals surface area (Å²) < 4.78 is 0. The normalized spacial score (nSPS) is 45.4. The second-order valence-corrected chi connectivity index (χ2v) is 6.74. The maximum Gasteiger partial charge on any atom is 0.0945 e. The molecule has 4 rings (SSSR count). The average Bonchev–Trinajstić information content (AvgIpc) is 2.99. The summed E-state index contributed by atoms with van der Waals surface area (Å²) in [6.45, 7) is 2.06. The monoisotopic (exact) mass is 243 g/mol. The van der Waals surface area contributed by atoms with Crippen LogP contribution in [-0.2, 0) is 5.60 Å². The topological polar surface area (TPSA) is 33.1 Å². The molecule has 2 bridgehead atoms. The van der Waals surface area contributed by atoms with Crippen LogP contribution in [0.5, 0.6) is 0 Å². The third-order valence-corrected chi connectivity index (χ3v) is 5.87. The molecule has 0 radical (unpaired) electrons. The van der Waals surface area contributed by atoms with Gasteiger partial charge in [-0.25, -0.2) is 0 Å². The van der Waals surface area contributed by atoms with Crippen LogP contribution in [0.4, 0.5) is 0 Å². The Hall–Kier alpha value is -0.890. The summed E-state index contributed by atoms with van der Waals surface area (Å²) in [5.74, 6) is 2.98. The van der Waals surface area contributed by atoms with Crippen molar-refractivity contribution in [3.05, 3.63) is 29.6 Å². The molecular weight excluding hydrogens is 222 g/mol. The summed E-state index contributed by atoms with van der Waals surface area (Å²) in [6, 6.07) is 2.14. The van der Waals surface area contributed by atoms with Crippen LogP contribution in [0.25, 0.3) is 0 Å². The minimum atomic E-state index is -0.574. The third kappa shape index (κ3) is 1.30. The van der Waals surface area contributed by atoms with Gasteiger partial charge in [-0.1, -0.05) is 12.5 Å². The number of aromatic nitrogens is 1. The Labute approximate surface area is 108 Å². The number of aryl methyl sites for hydroxylation is 1. The summed E-state index contributed by atoms with van der Waals surface area (Å²) in [4.78, 5) is 4.28. The highest BCUT2D eigenvalue weighted by molar-refractivity contribution is 5.28. The predicted molar refractivity (Wildman–Crippen MR) is 69.9 cm³/mol. The van der Waals surface area contributed by atoms with Crippen molar-refractivity contribution in [3.8, 4) is 0 Å². The number of hydrogen-bond acceptors (Lipinski definition) is 2. The molecule has 1 heterocycles. The van der Waals surface area contributed by atoms with E-state index in [4.69, 9.17) is 0 Å². The van der Waals surface area contributed by atoms with Crippen molar-refractivity contribution >= 4 is 0 Å². The van der Waals surface area contributed by atoms with Crippen LogP contribution in [0.2, 0.25) is 0 Å². The quantitative estimate of drug-likeness (QED) is 0.822. The fourth-order valence-electron chi connectivity index (χ4n) is 5.24. The molecule has 18 heavy (non-hydrogen) atoms. The summed E-state index contributed by atoms with van der Waals surface area (Å²) in [5, 5.41) is 11.2. The van der Waals surface area contributed by atoms with Gasteiger partial charge in [0.2, 0.25) is 0 Å². The molecule has 96 valence electrons. The molecule has 1 N–H and O–H groups in total. The van der Waals surface area contributed by atoms with Crippen molar-refractivity contribution in [1.82, 2.24) is 4.98 Å². The zero-order chi connectivity index (χ0) is 12.3. The number of nitrogens with zero attached hydrogens (tertiary/aromatic N) is 1. The molecule has 2 nitrogen and oxygen atoms in total. The van der Waals surface area contributed by atoms with E-state index >= 15 is 0 Å². The molecule has 0 saturated heterocycles. The van der Waals surface area contributed by atoms with Gasteiger partial charge in [-0.05, 0) is 61.8 Å². The van der Waals surface area contributed by atoms with Gasteiger partial charge >= 0.3 is 0 Å². The minimum Gasteiger partial charge on any atom is -0.385 e. The average molecular weight is 243 g/mol. The van der Waals surface area contributed by atoms with E-state index in [0.29, 0.717) is 5.92 Å². The molecule has 3 saturated carbocycles. The minimum absolute atomic E-state index is 0.499. The van der Waals surface area contributed by atoms with Gasteiger partial charge in [-0.2, -0.15) is 0 Å². The number of fused-ring (bicyclic) bond motifs is 5. The summed E-state index contributed by atoms with van der Waals surface area (Å²) in [7, 11) is 0. The van der Waals surface area contributed by atoms with E-state index in [1.807, 2.05) is 12.4 Å². The predicted octanol–water partition coefficient (Wildman–Crippen LogP) is 3.03. The van der Waals surface area contributed by atoms with E-state index in [2.05, 4.69) is 18.0 Å². The first-order valence-corrected chi connectivity index (χ1v) is 7.33. The Kier molecular flexibility index (Phi) is 2.18. The molecule has 1 aromatic heterocycles. The highest BCUT2D eigenvalue weighted by Gasteiger charge is 2.60. The van der Waals surface area contributed by atoms with Gasteiger partial charge in [0, 0.05) is 18.0 Å². The van der Waals surface area contributed by atoms with E-state index in [0.717, 1.165) is 35.3 Å². The smallest absolute Gasteiger partial charge is 0.0945 e. The lowest BCUT2D eigenvalue weighted by Crippen LogP contribution is -2.39. The second-order valence-electron chi connectivity index (χ2n) is 6.74. The van der Waals surface area contributed by atoms with E-state index in [1.165, 1.54) is 25.7 Å². The fourth-order valence-corrected chi connectivity index (χ4v) is 5.24. The Morgan fingerprint density at radius 1 is 1.28 bits per heavy atom. The maximum absolute atomic E-state index is 11.2. The number of pyridine rings is 1. The molecular formula is C16H21NO. The zero-order valence-electron chi connectivity index (χ0n) is 11.0. The SMILES string of the molecule is Cc1cncc(C2(O)CC3CC2C2CCCC32)c1. The molecule has 0 aliphatic heterocycles. The van der Waals surface area contributed by atoms with Gasteiger partial charge in [-0.3, -0.25) is 4.98 Å². The van der Waals surface area contributed by atoms with E-state index < -0.39 is 5.60 Å². The van der Waals surface area contributed by atoms with Crippen molar-refractivity contribution in [2.45, 2.75) is 44.6 Å². The van der Waals surface area contributed by atoms with Crippen molar-refractivity contribution in [1.29, 1.82) is 0 Å². The van der Waals surface area contributed by atoms with Crippen LogP contribution in [-0.4, -0.2) is 10.1 Å². The lowest BCUT2D eigenvalue weighted by Gasteiger charge is -2.39. The molecule has 1 aromatic rings. The van der Waals surface area contributed by atoms with Gasteiger partial charge in [0.15, 0.2) is 0 Å². The highest BCUT2D eigenvalue weighted by atomic mass is 16.3. The summed E-state index contributed by atoms with van der Waals surface area (Å²) >= 11 is 0. The van der Waals surface area contributed by atoms with Crippen molar-refractivity contribution in [2.24, 2.45) is 23.7 Å². The second kappa shape index (κ2) is 3.57. The van der Waals surface area contributed by atoms with Crippen LogP contribution in [0.3, 0.4) is 0 Å². The molecule has 5 atom stereocenters. The van der Waals surface area contributed by atoms with Crippen molar-refractivity contribution < 1.29 is 5.11 Å². The number of hydrogen-bond donors (Lipinski definition) is 1. The van der Waals surface area contributed by atoms with Crippen LogP contribution in [0, 0.1) is 30.6 Å². The molecule has 3 aliphatic rings. The molecule has 0 amide bonds. The molecule has 3 aliphatic carbocycles. The van der Waals surface area contributed by atoms with Gasteiger partial charge in [0.05, 0.1) is 5.60 Å². The van der Waals surface area contributed by atoms with Crippen molar-refractivity contribution in [2.75, 3.05) is 0 Å². The zero-order valence-corrected chi connectivity index (χ0v) is 11.0. The van der Waals surface area contributed by atoms with Crippen LogP contribution < -0.4 is 0 Å². The highest BCUT2D eigenvalue weighted by Crippen LogP contribution is 2.65. The summed E-state index contributed by atoms with van der Waals surface area (Å²) in [5.41, 5.74) is 1.65. The van der Waals surface area contributed by atoms with E-state index in [9.17, 15) is 5.11 Å². The number of rotatable bonds is 1. The Morgan fingerprint density at radius 2 is 2.11 bits per heavy atom. The van der Waals surface area contributed by atoms with Crippen molar-refractivity contribution in [3.63, 3.8) is 0 Å². The first-order chi connectivity index (χ1) is 8.68. The van der Waals surface area contributed by atoms with E-state index in [-0.39, 0.29) is 0 Å². The van der Waals surface area contributed by atoms with E-state index in [1.54, 1.807) is 0 Å². The van der Waals surface area contributed by atoms with Gasteiger partial charge < -0.3 is 5.11 Å². The fraction of sp³-hybridized carbons (Fsp3) is 0.688. The van der Waals surface area contributed by atoms with Gasteiger partial charge in [-0.15, -0.1) is 0 Å². The molecule has 3 fully saturated rings. The third-order valence-electron chi connectivity index (χ3n) is 5.87. The Balaban J connectivity index is 1.73. The van der Waals surface area contributed by atoms with Crippen LogP contribution >= 0.6 is 0 Å². The number of aliphatic hydroxyl groups is 1. The Bertz CT molecular complexity index is 486. The first kappa shape index (κ1) is 11.0. The summed E-state index contributed by atoms with van der Waals surface area (Å²) in [6.07, 6.45) is 10.1. The lowest BCUT2D eigenvalue weighted by molar-refractivity contribution is -0.0515. The standard InChI is InChI=1S/C16H21NO/c1-10-5-12(9-17-8-10)16(18)7-11-6-15(16)14-4-2-3-13(11)14/h5,8-9,11,13-15,18H,2-4,6-7H2,1H3. The molecule has 2 heteroatoms. The molecule has 0 aromatic carbocycles. The van der Waals surface area contributed by atoms with Gasteiger partial charge in [0.1, 0.15) is 0 Å². The Morgan fingerprint density at radius 3 is 2.94 bits per heavy atom.